The molecule has 1 aromatic carbocycles. The van der Waals surface area contributed by atoms with Crippen molar-refractivity contribution in [1.29, 1.82) is 0 Å². The fourth-order valence-corrected chi connectivity index (χ4v) is 3.68. The second-order valence-corrected chi connectivity index (χ2v) is 11.0. The van der Waals surface area contributed by atoms with E-state index in [1.165, 1.54) is 7.11 Å². The molecule has 0 spiro atoms. The number of carbonyl (C=O) groups excluding carboxylic acids is 4. The van der Waals surface area contributed by atoms with Crippen molar-refractivity contribution >= 4 is 24.1 Å². The molecule has 2 atom stereocenters. The number of hydrogen-bond donors (Lipinski definition) is 1. The fraction of sp³-hybridized carbons (Fsp3) is 0.677. The van der Waals surface area contributed by atoms with Gasteiger partial charge < -0.3 is 29.0 Å². The standard InChI is InChI=1S/C31H49NO9/c1-8-9-10-17-38-31(36)39-23(6)20-32-25(30(35)37-7)18-24-13-14-26(40-28(33)15-11-21(2)3)27(19-24)41-29(34)16-12-22(4)5/h13-14,19,21-23,25,32H,8-12,15-18,20H2,1-7H3/t23?,25-/m0/s1. The third-order valence-electron chi connectivity index (χ3n) is 6.15. The molecule has 0 amide bonds. The van der Waals surface area contributed by atoms with Gasteiger partial charge in [0.2, 0.25) is 0 Å². The summed E-state index contributed by atoms with van der Waals surface area (Å²) in [7, 11) is 1.28. The molecule has 0 aliphatic rings. The van der Waals surface area contributed by atoms with E-state index < -0.39 is 36.2 Å². The molecule has 1 aromatic rings. The molecule has 41 heavy (non-hydrogen) atoms. The second-order valence-electron chi connectivity index (χ2n) is 11.0. The first kappa shape index (κ1) is 35.9. The molecule has 10 nitrogen and oxygen atoms in total. The lowest BCUT2D eigenvalue weighted by atomic mass is 10.0. The number of methoxy groups -OCH3 is 1. The molecule has 0 radical (unpaired) electrons. The average Bonchev–Trinajstić information content (AvgIpc) is 2.91. The molecule has 0 heterocycles. The SMILES string of the molecule is CCCCCOC(=O)OC(C)CN[C@@H](Cc1ccc(OC(=O)CCC(C)C)c(OC(=O)CCC(C)C)c1)C(=O)OC. The molecule has 0 aliphatic carbocycles. The minimum absolute atomic E-state index is 0.111. The quantitative estimate of drug-likeness (QED) is 0.122. The highest BCUT2D eigenvalue weighted by Gasteiger charge is 2.23. The first-order chi connectivity index (χ1) is 19.4. The number of carbonyl (C=O) groups is 4. The van der Waals surface area contributed by atoms with Crippen LogP contribution in [-0.4, -0.2) is 56.5 Å². The van der Waals surface area contributed by atoms with Gasteiger partial charge in [0.1, 0.15) is 12.1 Å². The highest BCUT2D eigenvalue weighted by atomic mass is 16.7. The van der Waals surface area contributed by atoms with E-state index in [4.69, 9.17) is 23.7 Å². The normalized spacial score (nSPS) is 12.5. The van der Waals surface area contributed by atoms with Crippen molar-refractivity contribution in [3.63, 3.8) is 0 Å². The van der Waals surface area contributed by atoms with Crippen molar-refractivity contribution in [2.45, 2.75) is 105 Å². The van der Waals surface area contributed by atoms with Crippen LogP contribution in [0.3, 0.4) is 0 Å². The van der Waals surface area contributed by atoms with Gasteiger partial charge in [0, 0.05) is 19.4 Å². The van der Waals surface area contributed by atoms with Crippen LogP contribution < -0.4 is 14.8 Å². The first-order valence-electron chi connectivity index (χ1n) is 14.6. The van der Waals surface area contributed by atoms with Crippen LogP contribution in [0.15, 0.2) is 18.2 Å². The number of nitrogens with one attached hydrogen (secondary N) is 1. The Kier molecular flexibility index (Phi) is 17.4. The summed E-state index contributed by atoms with van der Waals surface area (Å²) in [6.45, 7) is 12.3. The number of benzene rings is 1. The summed E-state index contributed by atoms with van der Waals surface area (Å²) in [6, 6.07) is 4.06. The van der Waals surface area contributed by atoms with E-state index >= 15 is 0 Å². The van der Waals surface area contributed by atoms with Crippen LogP contribution in [0.1, 0.15) is 92.1 Å². The summed E-state index contributed by atoms with van der Waals surface area (Å²) < 4.78 is 26.4. The van der Waals surface area contributed by atoms with Crippen LogP contribution >= 0.6 is 0 Å². The van der Waals surface area contributed by atoms with Gasteiger partial charge in [0.05, 0.1) is 13.7 Å². The smallest absolute Gasteiger partial charge is 0.468 e. The maximum absolute atomic E-state index is 12.5. The molecule has 0 saturated carbocycles. The van der Waals surface area contributed by atoms with Crippen LogP contribution in [0.25, 0.3) is 0 Å². The molecule has 1 rings (SSSR count). The summed E-state index contributed by atoms with van der Waals surface area (Å²) in [5, 5.41) is 3.07. The topological polar surface area (TPSA) is 126 Å². The highest BCUT2D eigenvalue weighted by molar-refractivity contribution is 5.77. The molecule has 0 aromatic heterocycles. The summed E-state index contributed by atoms with van der Waals surface area (Å²) >= 11 is 0. The van der Waals surface area contributed by atoms with Crippen molar-refractivity contribution in [3.8, 4) is 11.5 Å². The lowest BCUT2D eigenvalue weighted by Crippen LogP contribution is -2.43. The van der Waals surface area contributed by atoms with Gasteiger partial charge in [-0.1, -0.05) is 53.5 Å². The highest BCUT2D eigenvalue weighted by Crippen LogP contribution is 2.30. The van der Waals surface area contributed by atoms with Crippen molar-refractivity contribution < 1.29 is 42.9 Å². The second kappa shape index (κ2) is 19.9. The Hall–Kier alpha value is -3.14. The minimum atomic E-state index is -0.782. The van der Waals surface area contributed by atoms with Crippen molar-refractivity contribution in [2.24, 2.45) is 11.8 Å². The van der Waals surface area contributed by atoms with Crippen LogP contribution in [0.5, 0.6) is 11.5 Å². The van der Waals surface area contributed by atoms with E-state index in [9.17, 15) is 19.2 Å². The van der Waals surface area contributed by atoms with E-state index in [0.717, 1.165) is 19.3 Å². The van der Waals surface area contributed by atoms with Crippen LogP contribution in [-0.2, 0) is 35.0 Å². The van der Waals surface area contributed by atoms with E-state index in [0.29, 0.717) is 36.8 Å². The lowest BCUT2D eigenvalue weighted by molar-refractivity contribution is -0.143. The zero-order chi connectivity index (χ0) is 30.8. The van der Waals surface area contributed by atoms with E-state index in [2.05, 4.69) is 12.2 Å². The Labute approximate surface area is 244 Å². The average molecular weight is 580 g/mol. The molecular formula is C31H49NO9. The summed E-state index contributed by atoms with van der Waals surface area (Å²) in [6.07, 6.45) is 3.39. The monoisotopic (exact) mass is 579 g/mol. The Morgan fingerprint density at radius 1 is 0.854 bits per heavy atom. The Morgan fingerprint density at radius 2 is 1.46 bits per heavy atom. The van der Waals surface area contributed by atoms with E-state index in [-0.39, 0.29) is 37.3 Å². The number of hydrogen-bond acceptors (Lipinski definition) is 10. The van der Waals surface area contributed by atoms with Gasteiger partial charge in [-0.25, -0.2) is 4.79 Å². The van der Waals surface area contributed by atoms with Gasteiger partial charge in [-0.3, -0.25) is 14.4 Å². The predicted molar refractivity (Wildman–Crippen MR) is 155 cm³/mol. The molecule has 232 valence electrons. The lowest BCUT2D eigenvalue weighted by Gasteiger charge is -2.20. The maximum atomic E-state index is 12.5. The number of ether oxygens (including phenoxy) is 5. The van der Waals surface area contributed by atoms with Crippen molar-refractivity contribution in [3.05, 3.63) is 23.8 Å². The summed E-state index contributed by atoms with van der Waals surface area (Å²) in [5.74, 6) is -0.459. The molecule has 0 aliphatic heterocycles. The Bertz CT molecular complexity index is 961. The fourth-order valence-electron chi connectivity index (χ4n) is 3.68. The Morgan fingerprint density at radius 3 is 2.02 bits per heavy atom. The summed E-state index contributed by atoms with van der Waals surface area (Å²) in [5.41, 5.74) is 0.644. The van der Waals surface area contributed by atoms with Gasteiger partial charge in [0.15, 0.2) is 11.5 Å². The molecular weight excluding hydrogens is 530 g/mol. The van der Waals surface area contributed by atoms with Gasteiger partial charge >= 0.3 is 24.1 Å². The maximum Gasteiger partial charge on any atom is 0.508 e. The van der Waals surface area contributed by atoms with Crippen molar-refractivity contribution in [2.75, 3.05) is 20.3 Å². The third-order valence-corrected chi connectivity index (χ3v) is 6.15. The van der Waals surface area contributed by atoms with Gasteiger partial charge in [0.25, 0.3) is 0 Å². The number of unbranched alkanes of at least 4 members (excludes halogenated alkanes) is 2. The number of rotatable bonds is 19. The van der Waals surface area contributed by atoms with Gasteiger partial charge in [-0.2, -0.15) is 0 Å². The Balaban J connectivity index is 2.96. The van der Waals surface area contributed by atoms with Crippen LogP contribution in [0.2, 0.25) is 0 Å². The van der Waals surface area contributed by atoms with Gasteiger partial charge in [-0.05, 0) is 62.1 Å². The molecule has 1 unspecified atom stereocenters. The van der Waals surface area contributed by atoms with E-state index in [1.807, 2.05) is 27.7 Å². The van der Waals surface area contributed by atoms with E-state index in [1.54, 1.807) is 25.1 Å². The molecule has 0 saturated heterocycles. The predicted octanol–water partition coefficient (Wildman–Crippen LogP) is 5.78. The van der Waals surface area contributed by atoms with Gasteiger partial charge in [-0.15, -0.1) is 0 Å². The first-order valence-corrected chi connectivity index (χ1v) is 14.6. The number of esters is 3. The largest absolute Gasteiger partial charge is 0.508 e. The van der Waals surface area contributed by atoms with Crippen molar-refractivity contribution in [1.82, 2.24) is 5.32 Å². The summed E-state index contributed by atoms with van der Waals surface area (Å²) in [4.78, 5) is 49.3. The zero-order valence-corrected chi connectivity index (χ0v) is 25.8. The zero-order valence-electron chi connectivity index (χ0n) is 25.8. The molecule has 10 heteroatoms. The molecule has 0 bridgehead atoms. The van der Waals surface area contributed by atoms with Crippen LogP contribution in [0.4, 0.5) is 4.79 Å². The molecule has 0 fully saturated rings. The minimum Gasteiger partial charge on any atom is -0.468 e. The third kappa shape index (κ3) is 16.0. The van der Waals surface area contributed by atoms with Crippen LogP contribution in [0, 0.1) is 11.8 Å². The molecule has 1 N–H and O–H groups in total.